The molecule has 6 heteroatoms. The van der Waals surface area contributed by atoms with Gasteiger partial charge in [-0.25, -0.2) is 4.79 Å². The van der Waals surface area contributed by atoms with E-state index in [0.717, 1.165) is 29.5 Å². The normalized spacial score (nSPS) is 29.6. The van der Waals surface area contributed by atoms with E-state index < -0.39 is 0 Å². The molecule has 1 aromatic rings. The lowest BCUT2D eigenvalue weighted by Gasteiger charge is -2.28. The summed E-state index contributed by atoms with van der Waals surface area (Å²) in [6.07, 6.45) is 3.29. The number of nitrogens with zero attached hydrogens (tertiary/aromatic N) is 2. The van der Waals surface area contributed by atoms with Crippen LogP contribution in [0.3, 0.4) is 0 Å². The fourth-order valence-corrected chi connectivity index (χ4v) is 4.14. The van der Waals surface area contributed by atoms with E-state index in [-0.39, 0.29) is 23.3 Å². The van der Waals surface area contributed by atoms with E-state index in [9.17, 15) is 9.59 Å². The largest absolute Gasteiger partial charge is 0.481 e. The molecule has 0 amide bonds. The van der Waals surface area contributed by atoms with Crippen LogP contribution in [0.15, 0.2) is 9.59 Å². The highest BCUT2D eigenvalue weighted by molar-refractivity contribution is 14.1. The first-order valence-electron chi connectivity index (χ1n) is 6.13. The summed E-state index contributed by atoms with van der Waals surface area (Å²) in [7, 11) is 3.22. The third-order valence-corrected chi connectivity index (χ3v) is 5.35. The molecule has 1 saturated carbocycles. The van der Waals surface area contributed by atoms with Crippen molar-refractivity contribution in [1.82, 2.24) is 9.13 Å². The Balaban J connectivity index is 2.25. The van der Waals surface area contributed by atoms with E-state index in [4.69, 9.17) is 4.74 Å². The van der Waals surface area contributed by atoms with Gasteiger partial charge in [0.1, 0.15) is 6.10 Å². The Kier molecular flexibility index (Phi) is 2.80. The molecule has 1 aliphatic heterocycles. The SMILES string of the molecule is Cn1c2c(c(=O)n(C)c1=O)OC1C(I)CCCC21. The number of ether oxygens (including phenoxy) is 1. The zero-order valence-corrected chi connectivity index (χ0v) is 12.5. The van der Waals surface area contributed by atoms with Gasteiger partial charge in [0.2, 0.25) is 5.75 Å². The second-order valence-corrected chi connectivity index (χ2v) is 6.66. The molecule has 3 rings (SSSR count). The monoisotopic (exact) mass is 362 g/mol. The Labute approximate surface area is 118 Å². The maximum atomic E-state index is 12.1. The molecule has 0 bridgehead atoms. The van der Waals surface area contributed by atoms with E-state index in [1.54, 1.807) is 11.6 Å². The van der Waals surface area contributed by atoms with Crippen LogP contribution in [-0.2, 0) is 14.1 Å². The van der Waals surface area contributed by atoms with E-state index >= 15 is 0 Å². The molecule has 5 nitrogen and oxygen atoms in total. The van der Waals surface area contributed by atoms with Gasteiger partial charge in [-0.05, 0) is 12.8 Å². The Morgan fingerprint density at radius 3 is 2.67 bits per heavy atom. The third-order valence-electron chi connectivity index (χ3n) is 4.02. The average Bonchev–Trinajstić information content (AvgIpc) is 2.75. The second-order valence-electron chi connectivity index (χ2n) is 5.06. The van der Waals surface area contributed by atoms with Gasteiger partial charge in [-0.2, -0.15) is 0 Å². The molecule has 1 aliphatic carbocycles. The number of halogens is 1. The molecule has 0 saturated heterocycles. The highest BCUT2D eigenvalue weighted by atomic mass is 127. The predicted octanol–water partition coefficient (Wildman–Crippen LogP) is 0.916. The number of alkyl halides is 1. The summed E-state index contributed by atoms with van der Waals surface area (Å²) in [5.41, 5.74) is 0.235. The van der Waals surface area contributed by atoms with E-state index in [1.807, 2.05) is 0 Å². The van der Waals surface area contributed by atoms with Crippen LogP contribution in [0.2, 0.25) is 0 Å². The lowest BCUT2D eigenvalue weighted by Crippen LogP contribution is -2.38. The zero-order valence-electron chi connectivity index (χ0n) is 10.4. The molecule has 2 heterocycles. The summed E-state index contributed by atoms with van der Waals surface area (Å²) in [6.45, 7) is 0. The minimum absolute atomic E-state index is 0.0510. The van der Waals surface area contributed by atoms with Crippen molar-refractivity contribution in [1.29, 1.82) is 0 Å². The summed E-state index contributed by atoms with van der Waals surface area (Å²) < 4.78 is 8.98. The number of hydrogen-bond donors (Lipinski definition) is 0. The smallest absolute Gasteiger partial charge is 0.330 e. The first kappa shape index (κ1) is 12.3. The van der Waals surface area contributed by atoms with Crippen molar-refractivity contribution in [3.8, 4) is 5.75 Å². The van der Waals surface area contributed by atoms with Crippen LogP contribution >= 0.6 is 22.6 Å². The molecule has 2 aliphatic rings. The van der Waals surface area contributed by atoms with Gasteiger partial charge in [0, 0.05) is 23.9 Å². The number of fused-ring (bicyclic) bond motifs is 3. The maximum absolute atomic E-state index is 12.1. The molecule has 98 valence electrons. The summed E-state index contributed by atoms with van der Waals surface area (Å²) in [5.74, 6) is 0.584. The van der Waals surface area contributed by atoms with Crippen molar-refractivity contribution in [2.45, 2.75) is 35.2 Å². The fourth-order valence-electron chi connectivity index (χ4n) is 3.05. The van der Waals surface area contributed by atoms with Gasteiger partial charge < -0.3 is 4.74 Å². The second kappa shape index (κ2) is 4.11. The van der Waals surface area contributed by atoms with Gasteiger partial charge in [0.05, 0.1) is 5.69 Å². The number of hydrogen-bond acceptors (Lipinski definition) is 3. The first-order valence-corrected chi connectivity index (χ1v) is 7.37. The van der Waals surface area contributed by atoms with Gasteiger partial charge >= 0.3 is 5.69 Å². The van der Waals surface area contributed by atoms with Crippen molar-refractivity contribution in [2.24, 2.45) is 14.1 Å². The highest BCUT2D eigenvalue weighted by Crippen LogP contribution is 2.45. The Hall–Kier alpha value is -0.790. The van der Waals surface area contributed by atoms with Crippen LogP contribution in [0.4, 0.5) is 0 Å². The van der Waals surface area contributed by atoms with Crippen LogP contribution in [0, 0.1) is 0 Å². The summed E-state index contributed by atoms with van der Waals surface area (Å²) in [6, 6.07) is 0. The van der Waals surface area contributed by atoms with Crippen LogP contribution in [0.25, 0.3) is 0 Å². The van der Waals surface area contributed by atoms with Crippen LogP contribution in [0.5, 0.6) is 5.75 Å². The minimum atomic E-state index is -0.300. The lowest BCUT2D eigenvalue weighted by atomic mass is 9.85. The van der Waals surface area contributed by atoms with Gasteiger partial charge in [-0.15, -0.1) is 0 Å². The molecular weight excluding hydrogens is 347 g/mol. The number of rotatable bonds is 0. The predicted molar refractivity (Wildman–Crippen MR) is 75.7 cm³/mol. The molecule has 3 atom stereocenters. The third kappa shape index (κ3) is 1.50. The minimum Gasteiger partial charge on any atom is -0.481 e. The number of aromatic nitrogens is 2. The molecule has 0 spiro atoms. The maximum Gasteiger partial charge on any atom is 0.330 e. The summed E-state index contributed by atoms with van der Waals surface area (Å²) >= 11 is 2.39. The van der Waals surface area contributed by atoms with Crippen molar-refractivity contribution >= 4 is 22.6 Å². The van der Waals surface area contributed by atoms with Crippen molar-refractivity contribution in [3.63, 3.8) is 0 Å². The van der Waals surface area contributed by atoms with E-state index in [0.29, 0.717) is 9.67 Å². The lowest BCUT2D eigenvalue weighted by molar-refractivity contribution is 0.174. The van der Waals surface area contributed by atoms with Gasteiger partial charge in [-0.1, -0.05) is 29.0 Å². The molecule has 1 aromatic heterocycles. The molecule has 0 N–H and O–H groups in total. The zero-order chi connectivity index (χ0) is 13.0. The van der Waals surface area contributed by atoms with Gasteiger partial charge in [-0.3, -0.25) is 13.9 Å². The van der Waals surface area contributed by atoms with Crippen LogP contribution < -0.4 is 16.0 Å². The molecule has 1 fully saturated rings. The molecule has 3 unspecified atom stereocenters. The standard InChI is InChI=1S/C12H15IN2O3/c1-14-8-6-4-3-5-7(13)9(6)18-10(8)11(16)15(2)12(14)17/h6-7,9H,3-5H2,1-2H3. The Morgan fingerprint density at radius 1 is 1.22 bits per heavy atom. The highest BCUT2D eigenvalue weighted by Gasteiger charge is 2.44. The quantitative estimate of drug-likeness (QED) is 0.510. The molecular formula is C12H15IN2O3. The van der Waals surface area contributed by atoms with E-state index in [2.05, 4.69) is 22.6 Å². The molecule has 0 aromatic carbocycles. The summed E-state index contributed by atoms with van der Waals surface area (Å²) in [4.78, 5) is 24.1. The molecule has 18 heavy (non-hydrogen) atoms. The van der Waals surface area contributed by atoms with Crippen molar-refractivity contribution < 1.29 is 4.74 Å². The topological polar surface area (TPSA) is 53.2 Å². The average molecular weight is 362 g/mol. The van der Waals surface area contributed by atoms with Gasteiger partial charge in [0.15, 0.2) is 0 Å². The summed E-state index contributed by atoms with van der Waals surface area (Å²) in [5, 5.41) is 0. The first-order chi connectivity index (χ1) is 8.52. The van der Waals surface area contributed by atoms with E-state index in [1.165, 1.54) is 7.05 Å². The molecule has 0 radical (unpaired) electrons. The Bertz CT molecular complexity index is 619. The fraction of sp³-hybridized carbons (Fsp3) is 0.667. The van der Waals surface area contributed by atoms with Crippen LogP contribution in [0.1, 0.15) is 30.9 Å². The Morgan fingerprint density at radius 2 is 1.94 bits per heavy atom. The van der Waals surface area contributed by atoms with Gasteiger partial charge in [0.25, 0.3) is 5.56 Å². The van der Waals surface area contributed by atoms with Crippen molar-refractivity contribution in [2.75, 3.05) is 0 Å². The van der Waals surface area contributed by atoms with Crippen LogP contribution in [-0.4, -0.2) is 19.2 Å². The van der Waals surface area contributed by atoms with Crippen molar-refractivity contribution in [3.05, 3.63) is 26.5 Å².